The number of rotatable bonds is 9. The fourth-order valence-electron chi connectivity index (χ4n) is 7.96. The first-order valence-corrected chi connectivity index (χ1v) is 21.3. The Bertz CT molecular complexity index is 2030. The molecular weight excluding hydrogens is 755 g/mol. The minimum absolute atomic E-state index is 0.0177. The number of nitrogens with one attached hydrogen (secondary N) is 3. The van der Waals surface area contributed by atoms with Crippen LogP contribution in [0.15, 0.2) is 36.5 Å². The normalized spacial score (nSPS) is 28.8. The molecule has 15 nitrogen and oxygen atoms in total. The zero-order valence-electron chi connectivity index (χ0n) is 34.2. The van der Waals surface area contributed by atoms with Crippen molar-refractivity contribution >= 4 is 44.6 Å². The fraction of sp³-hybridized carbons (Fsp3) is 0.634. The van der Waals surface area contributed by atoms with E-state index in [-0.39, 0.29) is 37.1 Å². The molecule has 3 N–H and O–H groups in total. The maximum atomic E-state index is 15.0. The summed E-state index contributed by atoms with van der Waals surface area (Å²) in [5.74, 6) is -1.21. The van der Waals surface area contributed by atoms with Crippen LogP contribution < -0.4 is 29.6 Å². The minimum Gasteiger partial charge on any atom is -0.497 e. The molecule has 4 amide bonds. The van der Waals surface area contributed by atoms with E-state index in [0.717, 1.165) is 6.42 Å². The average molecular weight is 812 g/mol. The van der Waals surface area contributed by atoms with Crippen LogP contribution in [0.1, 0.15) is 92.9 Å². The lowest BCUT2D eigenvalue weighted by atomic mass is 9.85. The molecule has 1 aromatic carbocycles. The Morgan fingerprint density at radius 1 is 1.09 bits per heavy atom. The Morgan fingerprint density at radius 2 is 1.82 bits per heavy atom. The number of amides is 4. The van der Waals surface area contributed by atoms with Crippen LogP contribution in [-0.4, -0.2) is 97.0 Å². The molecule has 1 saturated heterocycles. The van der Waals surface area contributed by atoms with Gasteiger partial charge < -0.3 is 34.5 Å². The zero-order chi connectivity index (χ0) is 41.5. The van der Waals surface area contributed by atoms with Crippen molar-refractivity contribution in [2.75, 3.05) is 20.8 Å². The third-order valence-corrected chi connectivity index (χ3v) is 14.0. The maximum Gasteiger partial charge on any atom is 0.408 e. The molecule has 0 spiro atoms. The second-order valence-electron chi connectivity index (χ2n) is 17.3. The van der Waals surface area contributed by atoms with Crippen LogP contribution in [-0.2, 0) is 29.1 Å². The third-order valence-electron chi connectivity index (χ3n) is 11.8. The summed E-state index contributed by atoms with van der Waals surface area (Å²) in [5, 5.41) is 7.07. The van der Waals surface area contributed by atoms with Crippen molar-refractivity contribution in [2.45, 2.75) is 127 Å². The van der Waals surface area contributed by atoms with Gasteiger partial charge in [0.25, 0.3) is 5.91 Å². The van der Waals surface area contributed by atoms with Crippen molar-refractivity contribution in [3.63, 3.8) is 0 Å². The highest BCUT2D eigenvalue weighted by molar-refractivity contribution is 7.91. The molecule has 2 aliphatic heterocycles. The molecule has 7 unspecified atom stereocenters. The van der Waals surface area contributed by atoms with Gasteiger partial charge in [0.2, 0.25) is 27.7 Å². The molecule has 3 fully saturated rings. The summed E-state index contributed by atoms with van der Waals surface area (Å²) >= 11 is 0. The van der Waals surface area contributed by atoms with Gasteiger partial charge in [0.15, 0.2) is 0 Å². The molecule has 57 heavy (non-hydrogen) atoms. The van der Waals surface area contributed by atoms with Crippen molar-refractivity contribution in [2.24, 2.45) is 17.8 Å². The highest BCUT2D eigenvalue weighted by Crippen LogP contribution is 2.48. The van der Waals surface area contributed by atoms with Crippen LogP contribution in [0, 0.1) is 17.8 Å². The van der Waals surface area contributed by atoms with Crippen molar-refractivity contribution in [3.05, 3.63) is 36.5 Å². The van der Waals surface area contributed by atoms with E-state index in [1.54, 1.807) is 53.0 Å². The van der Waals surface area contributed by atoms with E-state index in [0.29, 0.717) is 54.4 Å². The second-order valence-corrected chi connectivity index (χ2v) is 19.5. The predicted octanol–water partition coefficient (Wildman–Crippen LogP) is 4.77. The summed E-state index contributed by atoms with van der Waals surface area (Å²) < 4.78 is 50.8. The number of sulfonamides is 1. The van der Waals surface area contributed by atoms with Crippen molar-refractivity contribution in [1.29, 1.82) is 0 Å². The molecule has 1 aromatic heterocycles. The summed E-state index contributed by atoms with van der Waals surface area (Å²) in [4.78, 5) is 62.8. The van der Waals surface area contributed by atoms with E-state index >= 15 is 0 Å². The van der Waals surface area contributed by atoms with Gasteiger partial charge >= 0.3 is 6.09 Å². The van der Waals surface area contributed by atoms with E-state index in [4.69, 9.17) is 18.9 Å². The Labute approximate surface area is 335 Å². The summed E-state index contributed by atoms with van der Waals surface area (Å²) in [6, 6.07) is 3.15. The lowest BCUT2D eigenvalue weighted by Crippen LogP contribution is -2.59. The van der Waals surface area contributed by atoms with Gasteiger partial charge in [-0.3, -0.25) is 19.1 Å². The van der Waals surface area contributed by atoms with Crippen LogP contribution in [0.4, 0.5) is 4.79 Å². The summed E-state index contributed by atoms with van der Waals surface area (Å²) in [7, 11) is -0.921. The van der Waals surface area contributed by atoms with Crippen molar-refractivity contribution in [3.8, 4) is 17.4 Å². The standard InChI is InChI=1S/C41H57N5O10S/c1-9-25-18-24(2)12-10-11-13-26-21-41(26,37(49)45-57(51,52)40(6)16-17-40)44-34(47)31-20-28(23-46(31)36(48)33(25)43-38(50)56-39(3,4)5)55-35-29-15-14-27(53-7)19-30(29)32(54-8)22-42-35/h11,13-15,19,22,24-26,28,31,33H,9-10,12,16-18,20-21,23H2,1-8H3,(H,43,50)(H,44,47)(H,45,49). The number of benzene rings is 1. The molecule has 0 bridgehead atoms. The van der Waals surface area contributed by atoms with Crippen LogP contribution in [0.2, 0.25) is 0 Å². The van der Waals surface area contributed by atoms with Gasteiger partial charge in [0.1, 0.15) is 40.8 Å². The van der Waals surface area contributed by atoms with Gasteiger partial charge in [0, 0.05) is 23.1 Å². The number of carbonyl (C=O) groups excluding carboxylic acids is 4. The summed E-state index contributed by atoms with van der Waals surface area (Å²) in [5.41, 5.74) is -2.38. The number of alkyl carbamates (subject to hydrolysis) is 1. The molecule has 2 aliphatic carbocycles. The quantitative estimate of drug-likeness (QED) is 0.296. The number of hydrogen-bond donors (Lipinski definition) is 3. The topological polar surface area (TPSA) is 192 Å². The number of ether oxygens (including phenoxy) is 4. The Morgan fingerprint density at radius 3 is 2.47 bits per heavy atom. The molecule has 2 aromatic rings. The molecule has 6 rings (SSSR count). The third kappa shape index (κ3) is 8.95. The Kier molecular flexibility index (Phi) is 11.8. The van der Waals surface area contributed by atoms with E-state index in [1.807, 2.05) is 19.1 Å². The average Bonchev–Trinajstić information content (AvgIpc) is 4.03. The summed E-state index contributed by atoms with van der Waals surface area (Å²) in [6.45, 7) is 10.8. The number of allylic oxidation sites excluding steroid dienone is 1. The lowest BCUT2D eigenvalue weighted by molar-refractivity contribution is -0.142. The van der Waals surface area contributed by atoms with Gasteiger partial charge in [-0.05, 0) is 96.3 Å². The first-order chi connectivity index (χ1) is 26.8. The Hall–Kier alpha value is -4.60. The molecule has 4 aliphatic rings. The molecule has 7 atom stereocenters. The number of methoxy groups -OCH3 is 2. The number of fused-ring (bicyclic) bond motifs is 3. The van der Waals surface area contributed by atoms with Gasteiger partial charge in [-0.2, -0.15) is 0 Å². The number of nitrogens with zero attached hydrogens (tertiary/aromatic N) is 2. The number of aromatic nitrogens is 1. The van der Waals surface area contributed by atoms with Crippen molar-refractivity contribution < 1.29 is 46.5 Å². The molecule has 0 radical (unpaired) electrons. The van der Waals surface area contributed by atoms with Crippen LogP contribution in [0.5, 0.6) is 17.4 Å². The monoisotopic (exact) mass is 811 g/mol. The summed E-state index contributed by atoms with van der Waals surface area (Å²) in [6.07, 6.45) is 7.54. The predicted molar refractivity (Wildman–Crippen MR) is 212 cm³/mol. The number of carbonyl (C=O) groups is 4. The van der Waals surface area contributed by atoms with Gasteiger partial charge in [0.05, 0.1) is 31.7 Å². The largest absolute Gasteiger partial charge is 0.497 e. The fourth-order valence-corrected chi connectivity index (χ4v) is 9.27. The Balaban J connectivity index is 1.37. The maximum absolute atomic E-state index is 15.0. The van der Waals surface area contributed by atoms with Crippen LogP contribution in [0.25, 0.3) is 10.8 Å². The molecule has 312 valence electrons. The van der Waals surface area contributed by atoms with Crippen LogP contribution in [0.3, 0.4) is 0 Å². The van der Waals surface area contributed by atoms with Gasteiger partial charge in [-0.1, -0.05) is 32.4 Å². The molecule has 2 saturated carbocycles. The zero-order valence-corrected chi connectivity index (χ0v) is 35.0. The number of hydrogen-bond acceptors (Lipinski definition) is 11. The lowest BCUT2D eigenvalue weighted by Gasteiger charge is -2.34. The highest BCUT2D eigenvalue weighted by atomic mass is 32.2. The minimum atomic E-state index is -4.01. The number of pyridine rings is 1. The van der Waals surface area contributed by atoms with E-state index in [1.165, 1.54) is 18.2 Å². The molecule has 16 heteroatoms. The van der Waals surface area contributed by atoms with Gasteiger partial charge in [-0.25, -0.2) is 18.2 Å². The SMILES string of the molecule is CCC1CC(C)CCC=CC2CC2(C(=O)NS(=O)(=O)C2(C)CC2)NC(=O)C2CC(Oc3ncc(OC)c4cc(OC)ccc34)CN2C(=O)C1NC(=O)OC(C)(C)C. The molecule has 3 heterocycles. The first kappa shape index (κ1) is 42.0. The van der Waals surface area contributed by atoms with E-state index < -0.39 is 73.8 Å². The van der Waals surface area contributed by atoms with Gasteiger partial charge in [-0.15, -0.1) is 0 Å². The second kappa shape index (κ2) is 16.0. The van der Waals surface area contributed by atoms with E-state index in [2.05, 4.69) is 27.3 Å². The smallest absolute Gasteiger partial charge is 0.408 e. The van der Waals surface area contributed by atoms with Crippen LogP contribution >= 0.6 is 0 Å². The van der Waals surface area contributed by atoms with E-state index in [9.17, 15) is 27.6 Å². The first-order valence-electron chi connectivity index (χ1n) is 19.9. The van der Waals surface area contributed by atoms with Crippen molar-refractivity contribution in [1.82, 2.24) is 25.2 Å². The highest BCUT2D eigenvalue weighted by Gasteiger charge is 2.63. The molecular formula is C41H57N5O10S.